The molecule has 4 rings (SSSR count). The number of benzene rings is 1. The Morgan fingerprint density at radius 2 is 2.00 bits per heavy atom. The fourth-order valence-corrected chi connectivity index (χ4v) is 6.22. The van der Waals surface area contributed by atoms with Gasteiger partial charge in [0.25, 0.3) is 5.91 Å². The molecule has 1 aromatic carbocycles. The summed E-state index contributed by atoms with van der Waals surface area (Å²) in [5, 5.41) is 15.2. The van der Waals surface area contributed by atoms with Crippen molar-refractivity contribution in [1.29, 1.82) is 0 Å². The second-order valence-corrected chi connectivity index (χ2v) is 10.1. The van der Waals surface area contributed by atoms with Crippen molar-refractivity contribution < 1.29 is 22.1 Å². The van der Waals surface area contributed by atoms with Crippen LogP contribution in [0.4, 0.5) is 10.1 Å². The van der Waals surface area contributed by atoms with E-state index in [0.29, 0.717) is 29.4 Å². The average molecular weight is 466 g/mol. The predicted molar refractivity (Wildman–Crippen MR) is 111 cm³/mol. The summed E-state index contributed by atoms with van der Waals surface area (Å²) in [6.45, 7) is 3.80. The van der Waals surface area contributed by atoms with Crippen LogP contribution in [0.15, 0.2) is 33.7 Å². The molecule has 1 aliphatic rings. The van der Waals surface area contributed by atoms with E-state index in [1.807, 2.05) is 0 Å². The first-order valence-electron chi connectivity index (χ1n) is 9.59. The first kappa shape index (κ1) is 21.5. The Labute approximate surface area is 182 Å². The lowest BCUT2D eigenvalue weighted by Gasteiger charge is -2.30. The number of aromatic nitrogens is 3. The van der Waals surface area contributed by atoms with Crippen molar-refractivity contribution in [3.63, 3.8) is 0 Å². The first-order chi connectivity index (χ1) is 14.8. The Kier molecular flexibility index (Phi) is 5.86. The fraction of sp³-hybridized carbons (Fsp3) is 0.368. The van der Waals surface area contributed by atoms with Crippen molar-refractivity contribution in [2.45, 2.75) is 37.5 Å². The molecule has 3 aromatic rings. The van der Waals surface area contributed by atoms with E-state index in [1.165, 1.54) is 28.6 Å². The molecule has 0 saturated carbocycles. The minimum atomic E-state index is -3.75. The highest BCUT2D eigenvalue weighted by molar-refractivity contribution is 7.89. The maximum Gasteiger partial charge on any atom is 0.286 e. The third kappa shape index (κ3) is 4.36. The molecule has 0 aliphatic carbocycles. The number of carbonyl (C=O) groups is 1. The molecule has 31 heavy (non-hydrogen) atoms. The van der Waals surface area contributed by atoms with Gasteiger partial charge < -0.3 is 9.84 Å². The number of nitrogens with zero attached hydrogens (tertiary/aromatic N) is 4. The van der Waals surface area contributed by atoms with Gasteiger partial charge >= 0.3 is 0 Å². The number of rotatable bonds is 5. The number of piperidine rings is 1. The number of nitrogens with one attached hydrogen (secondary N) is 1. The van der Waals surface area contributed by atoms with Crippen LogP contribution in [-0.4, -0.2) is 47.1 Å². The lowest BCUT2D eigenvalue weighted by atomic mass is 10.0. The van der Waals surface area contributed by atoms with Crippen LogP contribution >= 0.6 is 11.3 Å². The summed E-state index contributed by atoms with van der Waals surface area (Å²) in [6.07, 6.45) is 1.39. The molecule has 1 fully saturated rings. The van der Waals surface area contributed by atoms with Gasteiger partial charge in [0.15, 0.2) is 5.76 Å². The van der Waals surface area contributed by atoms with Gasteiger partial charge in [-0.25, -0.2) is 12.8 Å². The van der Waals surface area contributed by atoms with Crippen LogP contribution in [0, 0.1) is 19.7 Å². The predicted octanol–water partition coefficient (Wildman–Crippen LogP) is 3.10. The molecule has 1 unspecified atom stereocenters. The molecule has 1 atom stereocenters. The maximum atomic E-state index is 13.1. The molecule has 0 spiro atoms. The summed E-state index contributed by atoms with van der Waals surface area (Å²) in [7, 11) is -3.75. The molecule has 1 amide bonds. The lowest BCUT2D eigenvalue weighted by Crippen LogP contribution is -2.39. The zero-order valence-electron chi connectivity index (χ0n) is 16.8. The van der Waals surface area contributed by atoms with E-state index in [4.69, 9.17) is 4.52 Å². The smallest absolute Gasteiger partial charge is 0.286 e. The standard InChI is InChI=1S/C19H20FN5O4S2/c1-11-16(12(2)29-24-11)31(27,28)25-9-3-4-13(10-25)18-22-23-19(30-18)17(26)21-15-7-5-14(20)6-8-15/h5-8,13H,3-4,9-10H2,1-2H3,(H,21,26). The summed E-state index contributed by atoms with van der Waals surface area (Å²) in [4.78, 5) is 12.5. The van der Waals surface area contributed by atoms with Crippen LogP contribution in [0.2, 0.25) is 0 Å². The number of sulfonamides is 1. The number of hydrogen-bond donors (Lipinski definition) is 1. The van der Waals surface area contributed by atoms with E-state index in [2.05, 4.69) is 20.7 Å². The van der Waals surface area contributed by atoms with Gasteiger partial charge in [-0.15, -0.1) is 10.2 Å². The summed E-state index contributed by atoms with van der Waals surface area (Å²) in [5.41, 5.74) is 0.771. The van der Waals surface area contributed by atoms with Crippen molar-refractivity contribution in [1.82, 2.24) is 19.7 Å². The molecule has 0 bridgehead atoms. The van der Waals surface area contributed by atoms with E-state index in [9.17, 15) is 17.6 Å². The highest BCUT2D eigenvalue weighted by Crippen LogP contribution is 2.33. The van der Waals surface area contributed by atoms with E-state index in [1.54, 1.807) is 13.8 Å². The van der Waals surface area contributed by atoms with Crippen molar-refractivity contribution in [3.05, 3.63) is 51.6 Å². The summed E-state index contributed by atoms with van der Waals surface area (Å²) < 4.78 is 45.7. The Morgan fingerprint density at radius 1 is 1.26 bits per heavy atom. The average Bonchev–Trinajstić information content (AvgIpc) is 3.37. The second kappa shape index (κ2) is 8.44. The van der Waals surface area contributed by atoms with E-state index < -0.39 is 21.7 Å². The monoisotopic (exact) mass is 465 g/mol. The summed E-state index contributed by atoms with van der Waals surface area (Å²) in [6, 6.07) is 5.40. The Balaban J connectivity index is 1.49. The van der Waals surface area contributed by atoms with Crippen molar-refractivity contribution >= 4 is 33.0 Å². The molecule has 12 heteroatoms. The SMILES string of the molecule is Cc1noc(C)c1S(=O)(=O)N1CCCC(c2nnc(C(=O)Nc3ccc(F)cc3)s2)C1. The van der Waals surface area contributed by atoms with Gasteiger partial charge in [-0.1, -0.05) is 16.5 Å². The highest BCUT2D eigenvalue weighted by atomic mass is 32.2. The molecule has 9 nitrogen and oxygen atoms in total. The maximum absolute atomic E-state index is 13.1. The Morgan fingerprint density at radius 3 is 2.68 bits per heavy atom. The van der Waals surface area contributed by atoms with Crippen LogP contribution in [0.1, 0.15) is 45.0 Å². The van der Waals surface area contributed by atoms with Crippen molar-refractivity contribution in [2.24, 2.45) is 0 Å². The second-order valence-electron chi connectivity index (χ2n) is 7.26. The zero-order chi connectivity index (χ0) is 22.2. The molecule has 164 valence electrons. The van der Waals surface area contributed by atoms with Gasteiger partial charge in [0.2, 0.25) is 15.0 Å². The molecule has 0 radical (unpaired) electrons. The Hall–Kier alpha value is -2.70. The van der Waals surface area contributed by atoms with Gasteiger partial charge in [-0.3, -0.25) is 4.79 Å². The van der Waals surface area contributed by atoms with Gasteiger partial charge in [-0.05, 0) is 51.0 Å². The molecular formula is C19H20FN5O4S2. The quantitative estimate of drug-likeness (QED) is 0.615. The minimum Gasteiger partial charge on any atom is -0.360 e. The molecule has 1 N–H and O–H groups in total. The molecule has 2 aromatic heterocycles. The number of anilines is 1. The fourth-order valence-electron chi connectivity index (χ4n) is 3.54. The summed E-state index contributed by atoms with van der Waals surface area (Å²) in [5.74, 6) is -0.764. The number of amides is 1. The zero-order valence-corrected chi connectivity index (χ0v) is 18.5. The Bertz CT molecular complexity index is 1190. The summed E-state index contributed by atoms with van der Waals surface area (Å²) >= 11 is 1.13. The number of halogens is 1. The molecular weight excluding hydrogens is 445 g/mol. The third-order valence-electron chi connectivity index (χ3n) is 5.04. The number of hydrogen-bond acceptors (Lipinski definition) is 8. The number of aryl methyl sites for hydroxylation is 2. The van der Waals surface area contributed by atoms with Crippen LogP contribution < -0.4 is 5.32 Å². The molecule has 3 heterocycles. The van der Waals surface area contributed by atoms with E-state index in [-0.39, 0.29) is 28.1 Å². The van der Waals surface area contributed by atoms with Gasteiger partial charge in [-0.2, -0.15) is 4.31 Å². The normalized spacial score (nSPS) is 17.6. The van der Waals surface area contributed by atoms with E-state index in [0.717, 1.165) is 17.8 Å². The third-order valence-corrected chi connectivity index (χ3v) is 8.23. The topological polar surface area (TPSA) is 118 Å². The van der Waals surface area contributed by atoms with Crippen LogP contribution in [0.3, 0.4) is 0 Å². The van der Waals surface area contributed by atoms with Gasteiger partial charge in [0.1, 0.15) is 21.4 Å². The van der Waals surface area contributed by atoms with Crippen molar-refractivity contribution in [2.75, 3.05) is 18.4 Å². The van der Waals surface area contributed by atoms with Crippen LogP contribution in [0.25, 0.3) is 0 Å². The van der Waals surface area contributed by atoms with Crippen LogP contribution in [-0.2, 0) is 10.0 Å². The first-order valence-corrected chi connectivity index (χ1v) is 11.8. The largest absolute Gasteiger partial charge is 0.360 e. The molecule has 1 saturated heterocycles. The number of carbonyl (C=O) groups excluding carboxylic acids is 1. The van der Waals surface area contributed by atoms with Crippen molar-refractivity contribution in [3.8, 4) is 0 Å². The van der Waals surface area contributed by atoms with E-state index >= 15 is 0 Å². The minimum absolute atomic E-state index is 0.102. The van der Waals surface area contributed by atoms with Gasteiger partial charge in [0, 0.05) is 24.7 Å². The lowest BCUT2D eigenvalue weighted by molar-refractivity contribution is 0.102. The van der Waals surface area contributed by atoms with Gasteiger partial charge in [0.05, 0.1) is 0 Å². The van der Waals surface area contributed by atoms with Crippen LogP contribution in [0.5, 0.6) is 0 Å². The highest BCUT2D eigenvalue weighted by Gasteiger charge is 2.36. The molecule has 1 aliphatic heterocycles.